The summed E-state index contributed by atoms with van der Waals surface area (Å²) in [7, 11) is 0. The minimum Gasteiger partial charge on any atom is -0.499 e. The minimum absolute atomic E-state index is 0.0266. The van der Waals surface area contributed by atoms with E-state index in [1.165, 1.54) is 12.8 Å². The average Bonchev–Trinajstić information content (AvgIpc) is 2.30. The van der Waals surface area contributed by atoms with Crippen LogP contribution in [0.15, 0.2) is 25.7 Å². The summed E-state index contributed by atoms with van der Waals surface area (Å²) < 4.78 is 11.2. The van der Waals surface area contributed by atoms with Gasteiger partial charge in [0.1, 0.15) is 5.60 Å². The third kappa shape index (κ3) is 3.58. The number of hydrogen-bond donors (Lipinski definition) is 0. The minimum atomic E-state index is 0.0266. The molecule has 1 fully saturated rings. The van der Waals surface area contributed by atoms with Crippen LogP contribution in [-0.4, -0.2) is 11.7 Å². The Morgan fingerprint density at radius 2 is 1.94 bits per heavy atom. The summed E-state index contributed by atoms with van der Waals surface area (Å²) in [5.74, 6) is 0. The van der Waals surface area contributed by atoms with Crippen LogP contribution < -0.4 is 0 Å². The molecule has 2 nitrogen and oxygen atoms in total. The van der Waals surface area contributed by atoms with Crippen molar-refractivity contribution in [1.29, 1.82) is 0 Å². The molecule has 1 aliphatic rings. The van der Waals surface area contributed by atoms with Crippen LogP contribution in [0.1, 0.15) is 51.9 Å². The van der Waals surface area contributed by atoms with Crippen molar-refractivity contribution in [3.8, 4) is 0 Å². The summed E-state index contributed by atoms with van der Waals surface area (Å²) in [5.41, 5.74) is 0.0266. The molecule has 0 bridgehead atoms. The first kappa shape index (κ1) is 13.1. The Balaban J connectivity index is 2.47. The van der Waals surface area contributed by atoms with Gasteiger partial charge in [-0.25, -0.2) is 0 Å². The van der Waals surface area contributed by atoms with Crippen LogP contribution in [-0.2, 0) is 9.47 Å². The molecule has 0 aromatic rings. The van der Waals surface area contributed by atoms with E-state index in [-0.39, 0.29) is 5.60 Å². The second-order valence-corrected chi connectivity index (χ2v) is 4.57. The van der Waals surface area contributed by atoms with Crippen LogP contribution in [0, 0.1) is 0 Å². The molecule has 0 saturated heterocycles. The normalized spacial score (nSPS) is 29.4. The van der Waals surface area contributed by atoms with E-state index in [9.17, 15) is 0 Å². The zero-order valence-electron chi connectivity index (χ0n) is 10.4. The first-order valence-electron chi connectivity index (χ1n) is 6.31. The van der Waals surface area contributed by atoms with Gasteiger partial charge in [-0.2, -0.15) is 0 Å². The molecule has 92 valence electrons. The highest BCUT2D eigenvalue weighted by molar-refractivity contribution is 4.89. The summed E-state index contributed by atoms with van der Waals surface area (Å²) in [6, 6.07) is 0. The van der Waals surface area contributed by atoms with Crippen molar-refractivity contribution in [2.75, 3.05) is 0 Å². The van der Waals surface area contributed by atoms with E-state index in [1.54, 1.807) is 12.5 Å². The Labute approximate surface area is 99.3 Å². The average molecular weight is 224 g/mol. The van der Waals surface area contributed by atoms with E-state index in [0.29, 0.717) is 6.10 Å². The van der Waals surface area contributed by atoms with E-state index in [1.807, 2.05) is 0 Å². The topological polar surface area (TPSA) is 18.5 Å². The molecule has 0 aromatic carbocycles. The smallest absolute Gasteiger partial charge is 0.108 e. The Kier molecular flexibility index (Phi) is 5.44. The van der Waals surface area contributed by atoms with Gasteiger partial charge in [0, 0.05) is 0 Å². The summed E-state index contributed by atoms with van der Waals surface area (Å²) in [6.45, 7) is 9.52. The highest BCUT2D eigenvalue weighted by atomic mass is 16.5. The van der Waals surface area contributed by atoms with Crippen molar-refractivity contribution in [3.05, 3.63) is 25.7 Å². The summed E-state index contributed by atoms with van der Waals surface area (Å²) in [4.78, 5) is 0. The van der Waals surface area contributed by atoms with Gasteiger partial charge < -0.3 is 9.47 Å². The van der Waals surface area contributed by atoms with Crippen LogP contribution in [0.3, 0.4) is 0 Å². The SMILES string of the molecule is C=COC1CCC(CCCC)(OC=C)CC1. The molecule has 0 unspecified atom stereocenters. The van der Waals surface area contributed by atoms with Crippen molar-refractivity contribution in [3.63, 3.8) is 0 Å². The fraction of sp³-hybridized carbons (Fsp3) is 0.714. The molecular formula is C14H24O2. The molecule has 0 atom stereocenters. The molecule has 0 aliphatic heterocycles. The molecule has 0 radical (unpaired) electrons. The molecule has 0 heterocycles. The van der Waals surface area contributed by atoms with Gasteiger partial charge in [0.25, 0.3) is 0 Å². The van der Waals surface area contributed by atoms with E-state index in [2.05, 4.69) is 20.1 Å². The van der Waals surface area contributed by atoms with Gasteiger partial charge in [0.2, 0.25) is 0 Å². The van der Waals surface area contributed by atoms with Crippen LogP contribution >= 0.6 is 0 Å². The van der Waals surface area contributed by atoms with Gasteiger partial charge in [-0.05, 0) is 38.5 Å². The number of rotatable bonds is 7. The third-order valence-electron chi connectivity index (χ3n) is 3.45. The number of ether oxygens (including phenoxy) is 2. The Bertz CT molecular complexity index is 215. The maximum absolute atomic E-state index is 5.78. The highest BCUT2D eigenvalue weighted by Gasteiger charge is 2.36. The molecule has 1 aliphatic carbocycles. The van der Waals surface area contributed by atoms with Crippen molar-refractivity contribution < 1.29 is 9.47 Å². The Morgan fingerprint density at radius 1 is 1.25 bits per heavy atom. The fourth-order valence-corrected chi connectivity index (χ4v) is 2.49. The summed E-state index contributed by atoms with van der Waals surface area (Å²) >= 11 is 0. The van der Waals surface area contributed by atoms with Gasteiger partial charge in [-0.1, -0.05) is 26.5 Å². The highest BCUT2D eigenvalue weighted by Crippen LogP contribution is 2.37. The quantitative estimate of drug-likeness (QED) is 0.604. The Morgan fingerprint density at radius 3 is 2.44 bits per heavy atom. The zero-order chi connectivity index (χ0) is 11.9. The molecule has 0 amide bonds. The summed E-state index contributed by atoms with van der Waals surface area (Å²) in [5, 5.41) is 0. The van der Waals surface area contributed by atoms with Crippen LogP contribution in [0.25, 0.3) is 0 Å². The Hall–Kier alpha value is -0.920. The lowest BCUT2D eigenvalue weighted by atomic mass is 9.80. The fourth-order valence-electron chi connectivity index (χ4n) is 2.49. The molecule has 1 saturated carbocycles. The lowest BCUT2D eigenvalue weighted by molar-refractivity contribution is -0.0509. The maximum atomic E-state index is 5.78. The first-order chi connectivity index (χ1) is 7.76. The van der Waals surface area contributed by atoms with Crippen molar-refractivity contribution in [1.82, 2.24) is 0 Å². The van der Waals surface area contributed by atoms with Crippen molar-refractivity contribution in [2.45, 2.75) is 63.6 Å². The van der Waals surface area contributed by atoms with Crippen molar-refractivity contribution >= 4 is 0 Å². The monoisotopic (exact) mass is 224 g/mol. The van der Waals surface area contributed by atoms with Gasteiger partial charge >= 0.3 is 0 Å². The van der Waals surface area contributed by atoms with Gasteiger partial charge in [-0.3, -0.25) is 0 Å². The van der Waals surface area contributed by atoms with Gasteiger partial charge in [0.15, 0.2) is 0 Å². The predicted molar refractivity (Wildman–Crippen MR) is 67.1 cm³/mol. The number of hydrogen-bond acceptors (Lipinski definition) is 2. The van der Waals surface area contributed by atoms with Crippen molar-refractivity contribution in [2.24, 2.45) is 0 Å². The predicted octanol–water partition coefficient (Wildman–Crippen LogP) is 4.18. The third-order valence-corrected chi connectivity index (χ3v) is 3.45. The lowest BCUT2D eigenvalue weighted by Crippen LogP contribution is -2.37. The lowest BCUT2D eigenvalue weighted by Gasteiger charge is -2.39. The molecule has 0 spiro atoms. The van der Waals surface area contributed by atoms with E-state index >= 15 is 0 Å². The zero-order valence-corrected chi connectivity index (χ0v) is 10.4. The maximum Gasteiger partial charge on any atom is 0.108 e. The van der Waals surface area contributed by atoms with Crippen LogP contribution in [0.2, 0.25) is 0 Å². The van der Waals surface area contributed by atoms with Crippen LogP contribution in [0.5, 0.6) is 0 Å². The largest absolute Gasteiger partial charge is 0.499 e. The molecule has 0 aromatic heterocycles. The second-order valence-electron chi connectivity index (χ2n) is 4.57. The van der Waals surface area contributed by atoms with E-state index in [0.717, 1.165) is 32.1 Å². The molecule has 2 heteroatoms. The van der Waals surface area contributed by atoms with E-state index < -0.39 is 0 Å². The summed E-state index contributed by atoms with van der Waals surface area (Å²) in [6.07, 6.45) is 11.3. The molecule has 1 rings (SSSR count). The first-order valence-corrected chi connectivity index (χ1v) is 6.31. The molecule has 0 N–H and O–H groups in total. The second kappa shape index (κ2) is 6.62. The van der Waals surface area contributed by atoms with Gasteiger partial charge in [0.05, 0.1) is 18.6 Å². The number of unbranched alkanes of at least 4 members (excludes halogenated alkanes) is 1. The molecular weight excluding hydrogens is 200 g/mol. The standard InChI is InChI=1S/C14H24O2/c1-4-7-10-14(16-6-3)11-8-13(9-12-14)15-5-2/h5-6,13H,2-4,7-12H2,1H3. The molecule has 16 heavy (non-hydrogen) atoms. The van der Waals surface area contributed by atoms with E-state index in [4.69, 9.17) is 9.47 Å². The van der Waals surface area contributed by atoms with Gasteiger partial charge in [-0.15, -0.1) is 0 Å². The van der Waals surface area contributed by atoms with Crippen LogP contribution in [0.4, 0.5) is 0 Å².